The maximum absolute atomic E-state index is 12.6. The summed E-state index contributed by atoms with van der Waals surface area (Å²) in [4.78, 5) is 43.2. The second-order valence-corrected chi connectivity index (χ2v) is 8.65. The Morgan fingerprint density at radius 3 is 2.76 bits per heavy atom. The summed E-state index contributed by atoms with van der Waals surface area (Å²) in [6.07, 6.45) is 3.83. The molecule has 0 aromatic carbocycles. The van der Waals surface area contributed by atoms with Gasteiger partial charge < -0.3 is 15.0 Å². The summed E-state index contributed by atoms with van der Waals surface area (Å²) in [5.74, 6) is -0.217. The first-order valence-electron chi connectivity index (χ1n) is 10.2. The fourth-order valence-electron chi connectivity index (χ4n) is 4.21. The number of rotatable bonds is 5. The van der Waals surface area contributed by atoms with Crippen LogP contribution in [0.5, 0.6) is 0 Å². The van der Waals surface area contributed by atoms with Gasteiger partial charge >= 0.3 is 5.97 Å². The summed E-state index contributed by atoms with van der Waals surface area (Å²) in [5.41, 5.74) is 0. The fourth-order valence-corrected chi connectivity index (χ4v) is 4.32. The third-order valence-electron chi connectivity index (χ3n) is 6.20. The van der Waals surface area contributed by atoms with Crippen molar-refractivity contribution in [2.75, 3.05) is 11.9 Å². The smallest absolute Gasteiger partial charge is 0.312 e. The second-order valence-electron chi connectivity index (χ2n) is 8.21. The van der Waals surface area contributed by atoms with Crippen molar-refractivity contribution < 1.29 is 19.1 Å². The molecule has 0 bridgehead atoms. The summed E-state index contributed by atoms with van der Waals surface area (Å²) < 4.78 is 5.34. The standard InChI is InChI=1S/C21H28ClN3O4/c1-12-5-4-6-17(13(12)2)25-11-15(9-19(25)26)21(28)29-14(3)20(27)24-18-8-7-16(22)10-23-18/h7-8,10,12-15,17H,4-6,9,11H2,1-3H3,(H,23,24,27)/t12-,13+,14-,15+,17-/m0/s1. The van der Waals surface area contributed by atoms with Gasteiger partial charge in [-0.3, -0.25) is 14.4 Å². The van der Waals surface area contributed by atoms with Crippen LogP contribution in [0.25, 0.3) is 0 Å². The Kier molecular flexibility index (Phi) is 6.77. The number of amides is 2. The van der Waals surface area contributed by atoms with Crippen molar-refractivity contribution in [2.45, 2.75) is 58.6 Å². The molecule has 3 rings (SSSR count). The Hall–Kier alpha value is -2.15. The SMILES string of the molecule is C[C@@H]1[C@@H](C)CCC[C@@H]1N1C[C@H](C(=O)O[C@@H](C)C(=O)Nc2ccc(Cl)cn2)CC1=O. The van der Waals surface area contributed by atoms with E-state index in [-0.39, 0.29) is 18.4 Å². The number of aromatic nitrogens is 1. The van der Waals surface area contributed by atoms with E-state index < -0.39 is 23.9 Å². The lowest BCUT2D eigenvalue weighted by Gasteiger charge is -2.39. The zero-order valence-corrected chi connectivity index (χ0v) is 17.8. The van der Waals surface area contributed by atoms with Gasteiger partial charge in [0.15, 0.2) is 6.10 Å². The van der Waals surface area contributed by atoms with Gasteiger partial charge in [0.25, 0.3) is 5.91 Å². The molecule has 158 valence electrons. The third-order valence-corrected chi connectivity index (χ3v) is 6.42. The van der Waals surface area contributed by atoms with E-state index in [2.05, 4.69) is 24.1 Å². The molecular weight excluding hydrogens is 394 g/mol. The average Bonchev–Trinajstić information content (AvgIpc) is 3.07. The predicted molar refractivity (Wildman–Crippen MR) is 109 cm³/mol. The lowest BCUT2D eigenvalue weighted by atomic mass is 9.77. The Labute approximate surface area is 176 Å². The molecule has 1 aliphatic carbocycles. The molecule has 1 aliphatic heterocycles. The molecule has 0 unspecified atom stereocenters. The largest absolute Gasteiger partial charge is 0.452 e. The molecule has 1 saturated heterocycles. The van der Waals surface area contributed by atoms with Gasteiger partial charge in [0, 0.05) is 25.2 Å². The van der Waals surface area contributed by atoms with Crippen LogP contribution in [0.15, 0.2) is 18.3 Å². The van der Waals surface area contributed by atoms with Crippen molar-refractivity contribution in [3.05, 3.63) is 23.4 Å². The molecule has 8 heteroatoms. The number of carbonyl (C=O) groups excluding carboxylic acids is 3. The molecule has 7 nitrogen and oxygen atoms in total. The van der Waals surface area contributed by atoms with E-state index in [0.29, 0.717) is 29.2 Å². The minimum absolute atomic E-state index is 0.000342. The molecule has 0 spiro atoms. The number of likely N-dealkylation sites (tertiary alicyclic amines) is 1. The van der Waals surface area contributed by atoms with Crippen LogP contribution in [0.4, 0.5) is 5.82 Å². The molecule has 2 heterocycles. The Balaban J connectivity index is 1.54. The summed E-state index contributed by atoms with van der Waals surface area (Å²) in [5, 5.41) is 3.04. The fraction of sp³-hybridized carbons (Fsp3) is 0.619. The number of hydrogen-bond acceptors (Lipinski definition) is 5. The lowest BCUT2D eigenvalue weighted by Crippen LogP contribution is -2.45. The van der Waals surface area contributed by atoms with Crippen molar-refractivity contribution in [1.29, 1.82) is 0 Å². The number of esters is 1. The highest BCUT2D eigenvalue weighted by Gasteiger charge is 2.42. The predicted octanol–water partition coefficient (Wildman–Crippen LogP) is 3.28. The number of carbonyl (C=O) groups is 3. The molecule has 2 amide bonds. The van der Waals surface area contributed by atoms with Crippen molar-refractivity contribution >= 4 is 35.2 Å². The summed E-state index contributed by atoms with van der Waals surface area (Å²) in [6, 6.07) is 3.35. The molecule has 5 atom stereocenters. The molecule has 29 heavy (non-hydrogen) atoms. The number of ether oxygens (including phenoxy) is 1. The van der Waals surface area contributed by atoms with Crippen molar-refractivity contribution in [2.24, 2.45) is 17.8 Å². The van der Waals surface area contributed by atoms with E-state index in [1.54, 1.807) is 12.1 Å². The summed E-state index contributed by atoms with van der Waals surface area (Å²) >= 11 is 5.77. The number of nitrogens with zero attached hydrogens (tertiary/aromatic N) is 2. The highest BCUT2D eigenvalue weighted by atomic mass is 35.5. The maximum Gasteiger partial charge on any atom is 0.312 e. The molecule has 2 aliphatic rings. The molecule has 1 aromatic rings. The van der Waals surface area contributed by atoms with Gasteiger partial charge in [-0.25, -0.2) is 4.98 Å². The van der Waals surface area contributed by atoms with E-state index in [1.807, 2.05) is 4.90 Å². The van der Waals surface area contributed by atoms with Gasteiger partial charge in [-0.1, -0.05) is 38.3 Å². The van der Waals surface area contributed by atoms with Gasteiger partial charge in [0.2, 0.25) is 5.91 Å². The van der Waals surface area contributed by atoms with E-state index >= 15 is 0 Å². The lowest BCUT2D eigenvalue weighted by molar-refractivity contribution is -0.157. The van der Waals surface area contributed by atoms with Crippen LogP contribution in [0, 0.1) is 17.8 Å². The van der Waals surface area contributed by atoms with Gasteiger partial charge in [-0.15, -0.1) is 0 Å². The monoisotopic (exact) mass is 421 g/mol. The number of nitrogens with one attached hydrogen (secondary N) is 1. The molecule has 0 radical (unpaired) electrons. The average molecular weight is 422 g/mol. The highest BCUT2D eigenvalue weighted by molar-refractivity contribution is 6.30. The van der Waals surface area contributed by atoms with Crippen LogP contribution in [-0.2, 0) is 19.1 Å². The molecule has 1 N–H and O–H groups in total. The Morgan fingerprint density at radius 1 is 1.31 bits per heavy atom. The number of anilines is 1. The molecular formula is C21H28ClN3O4. The minimum atomic E-state index is -0.988. The normalized spacial score (nSPS) is 28.1. The van der Waals surface area contributed by atoms with Crippen molar-refractivity contribution in [3.8, 4) is 0 Å². The summed E-state index contributed by atoms with van der Waals surface area (Å²) in [6.45, 7) is 6.28. The zero-order valence-electron chi connectivity index (χ0n) is 17.1. The Morgan fingerprint density at radius 2 is 2.07 bits per heavy atom. The maximum atomic E-state index is 12.6. The number of hydrogen-bond donors (Lipinski definition) is 1. The minimum Gasteiger partial charge on any atom is -0.452 e. The topological polar surface area (TPSA) is 88.6 Å². The number of pyridine rings is 1. The molecule has 1 aromatic heterocycles. The van der Waals surface area contributed by atoms with Gasteiger partial charge in [0.1, 0.15) is 5.82 Å². The third kappa shape index (κ3) is 5.07. The molecule has 2 fully saturated rings. The Bertz CT molecular complexity index is 770. The number of halogens is 1. The van der Waals surface area contributed by atoms with Crippen LogP contribution >= 0.6 is 11.6 Å². The molecule has 1 saturated carbocycles. The first-order chi connectivity index (χ1) is 13.8. The van der Waals surface area contributed by atoms with Gasteiger partial charge in [-0.2, -0.15) is 0 Å². The first-order valence-corrected chi connectivity index (χ1v) is 10.6. The van der Waals surface area contributed by atoms with Crippen molar-refractivity contribution in [1.82, 2.24) is 9.88 Å². The van der Waals surface area contributed by atoms with Crippen LogP contribution in [0.2, 0.25) is 5.02 Å². The summed E-state index contributed by atoms with van der Waals surface area (Å²) in [7, 11) is 0. The van der Waals surface area contributed by atoms with Crippen LogP contribution in [0.3, 0.4) is 0 Å². The van der Waals surface area contributed by atoms with E-state index in [0.717, 1.165) is 12.8 Å². The van der Waals surface area contributed by atoms with E-state index in [4.69, 9.17) is 16.3 Å². The van der Waals surface area contributed by atoms with Crippen LogP contribution in [0.1, 0.15) is 46.5 Å². The van der Waals surface area contributed by atoms with E-state index in [9.17, 15) is 14.4 Å². The first kappa shape index (κ1) is 21.6. The van der Waals surface area contributed by atoms with Crippen LogP contribution in [-0.4, -0.2) is 46.4 Å². The van der Waals surface area contributed by atoms with Gasteiger partial charge in [0.05, 0.1) is 10.9 Å². The second kappa shape index (κ2) is 9.11. The highest BCUT2D eigenvalue weighted by Crippen LogP contribution is 2.36. The van der Waals surface area contributed by atoms with E-state index in [1.165, 1.54) is 19.5 Å². The quantitative estimate of drug-likeness (QED) is 0.737. The van der Waals surface area contributed by atoms with Gasteiger partial charge in [-0.05, 0) is 37.3 Å². The van der Waals surface area contributed by atoms with Crippen molar-refractivity contribution in [3.63, 3.8) is 0 Å². The van der Waals surface area contributed by atoms with Crippen LogP contribution < -0.4 is 5.32 Å². The zero-order chi connectivity index (χ0) is 21.1.